The smallest absolute Gasteiger partial charge is 0.341 e. The maximum Gasteiger partial charge on any atom is 0.341 e. The van der Waals surface area contributed by atoms with E-state index in [2.05, 4.69) is 29.7 Å². The molecule has 0 spiro atoms. The maximum absolute atomic E-state index is 10.7. The fraction of sp³-hybridized carbons (Fsp3) is 0.211. The number of benzene rings is 2. The fourth-order valence-corrected chi connectivity index (χ4v) is 2.84. The van der Waals surface area contributed by atoms with Crippen LogP contribution in [0, 0.1) is 6.92 Å². The van der Waals surface area contributed by atoms with Crippen LogP contribution >= 0.6 is 0 Å². The van der Waals surface area contributed by atoms with Crippen molar-refractivity contribution < 1.29 is 14.6 Å². The lowest BCUT2D eigenvalue weighted by molar-refractivity contribution is -0.139. The van der Waals surface area contributed by atoms with Crippen molar-refractivity contribution in [3.8, 4) is 5.75 Å². The normalized spacial score (nSPS) is 10.8. The Bertz CT molecular complexity index is 821. The number of carboxylic acids is 1. The molecule has 1 heterocycles. The molecule has 0 saturated heterocycles. The van der Waals surface area contributed by atoms with Gasteiger partial charge in [0.15, 0.2) is 6.61 Å². The van der Waals surface area contributed by atoms with Crippen molar-refractivity contribution in [1.82, 2.24) is 4.57 Å². The van der Waals surface area contributed by atoms with Crippen molar-refractivity contribution in [2.75, 3.05) is 6.61 Å². The Hall–Kier alpha value is -2.75. The first kappa shape index (κ1) is 15.2. The molecule has 118 valence electrons. The van der Waals surface area contributed by atoms with Gasteiger partial charge in [0.25, 0.3) is 0 Å². The average molecular weight is 309 g/mol. The van der Waals surface area contributed by atoms with E-state index in [-0.39, 0.29) is 6.61 Å². The largest absolute Gasteiger partial charge is 0.481 e. The van der Waals surface area contributed by atoms with Gasteiger partial charge in [0, 0.05) is 17.6 Å². The summed E-state index contributed by atoms with van der Waals surface area (Å²) in [5.41, 5.74) is 3.51. The highest BCUT2D eigenvalue weighted by atomic mass is 16.5. The Morgan fingerprint density at radius 3 is 2.65 bits per heavy atom. The number of carboxylic acid groups (broad SMARTS) is 1. The monoisotopic (exact) mass is 309 g/mol. The summed E-state index contributed by atoms with van der Waals surface area (Å²) in [6.07, 6.45) is 0.950. The second kappa shape index (κ2) is 6.57. The van der Waals surface area contributed by atoms with Gasteiger partial charge in [0.2, 0.25) is 0 Å². The number of aliphatic carboxylic acids is 1. The van der Waals surface area contributed by atoms with Crippen molar-refractivity contribution in [2.24, 2.45) is 0 Å². The van der Waals surface area contributed by atoms with Crippen molar-refractivity contribution >= 4 is 16.9 Å². The van der Waals surface area contributed by atoms with Crippen LogP contribution in [0.1, 0.15) is 11.3 Å². The highest BCUT2D eigenvalue weighted by Gasteiger charge is 2.11. The van der Waals surface area contributed by atoms with Gasteiger partial charge in [-0.05, 0) is 37.1 Å². The Kier molecular flexibility index (Phi) is 4.33. The van der Waals surface area contributed by atoms with Gasteiger partial charge in [-0.25, -0.2) is 4.79 Å². The zero-order chi connectivity index (χ0) is 16.2. The third-order valence-electron chi connectivity index (χ3n) is 3.93. The molecule has 0 atom stereocenters. The average Bonchev–Trinajstić information content (AvgIpc) is 2.88. The molecule has 3 aromatic rings. The molecule has 0 amide bonds. The minimum Gasteiger partial charge on any atom is -0.481 e. The number of aryl methyl sites for hydroxylation is 3. The Morgan fingerprint density at radius 2 is 1.91 bits per heavy atom. The summed E-state index contributed by atoms with van der Waals surface area (Å²) in [7, 11) is 0. The molecule has 3 rings (SSSR count). The van der Waals surface area contributed by atoms with Gasteiger partial charge >= 0.3 is 5.97 Å². The quantitative estimate of drug-likeness (QED) is 0.756. The first-order valence-corrected chi connectivity index (χ1v) is 7.62. The second-order valence-electron chi connectivity index (χ2n) is 5.54. The van der Waals surface area contributed by atoms with Gasteiger partial charge in [0.05, 0.1) is 5.52 Å². The van der Waals surface area contributed by atoms with Crippen LogP contribution in [0.5, 0.6) is 5.75 Å². The zero-order valence-corrected chi connectivity index (χ0v) is 13.0. The molecule has 0 fully saturated rings. The minimum absolute atomic E-state index is 0.326. The predicted octanol–water partition coefficient (Wildman–Crippen LogP) is 3.66. The summed E-state index contributed by atoms with van der Waals surface area (Å²) in [4.78, 5) is 10.7. The van der Waals surface area contributed by atoms with Crippen molar-refractivity contribution in [3.05, 3.63) is 65.9 Å². The van der Waals surface area contributed by atoms with Crippen LogP contribution in [-0.4, -0.2) is 22.2 Å². The van der Waals surface area contributed by atoms with Gasteiger partial charge in [0.1, 0.15) is 5.75 Å². The van der Waals surface area contributed by atoms with Crippen LogP contribution in [0.15, 0.2) is 54.6 Å². The maximum atomic E-state index is 10.7. The fourth-order valence-electron chi connectivity index (χ4n) is 2.84. The van der Waals surface area contributed by atoms with Gasteiger partial charge in [-0.15, -0.1) is 0 Å². The number of rotatable bonds is 6. The van der Waals surface area contributed by atoms with Crippen LogP contribution in [-0.2, 0) is 17.8 Å². The Balaban J connectivity index is 1.87. The van der Waals surface area contributed by atoms with Crippen LogP contribution in [0.25, 0.3) is 10.9 Å². The molecule has 4 heteroatoms. The molecule has 0 aliphatic rings. The SMILES string of the molecule is Cc1cc2c(OCC(=O)O)cccc2n1CCc1ccccc1. The Labute approximate surface area is 134 Å². The number of carbonyl (C=O) groups is 1. The number of hydrogen-bond donors (Lipinski definition) is 1. The first-order chi connectivity index (χ1) is 11.1. The van der Waals surface area contributed by atoms with Crippen LogP contribution < -0.4 is 4.74 Å². The lowest BCUT2D eigenvalue weighted by atomic mass is 10.1. The third kappa shape index (κ3) is 3.37. The number of nitrogens with zero attached hydrogens (tertiary/aromatic N) is 1. The summed E-state index contributed by atoms with van der Waals surface area (Å²) >= 11 is 0. The van der Waals surface area contributed by atoms with E-state index >= 15 is 0 Å². The second-order valence-corrected chi connectivity index (χ2v) is 5.54. The van der Waals surface area contributed by atoms with Crippen molar-refractivity contribution in [1.29, 1.82) is 0 Å². The standard InChI is InChI=1S/C19H19NO3/c1-14-12-16-17(8-5-9-18(16)23-13-19(21)22)20(14)11-10-15-6-3-2-4-7-15/h2-9,12H,10-11,13H2,1H3,(H,21,22). The van der Waals surface area contributed by atoms with E-state index in [9.17, 15) is 4.79 Å². The molecule has 0 unspecified atom stereocenters. The lowest BCUT2D eigenvalue weighted by Gasteiger charge is -2.09. The van der Waals surface area contributed by atoms with Crippen LogP contribution in [0.4, 0.5) is 0 Å². The van der Waals surface area contributed by atoms with Gasteiger partial charge in [-0.1, -0.05) is 36.4 Å². The summed E-state index contributed by atoms with van der Waals surface area (Å²) in [6.45, 7) is 2.61. The minimum atomic E-state index is -0.970. The molecule has 1 aromatic heterocycles. The molecular formula is C19H19NO3. The molecule has 0 radical (unpaired) electrons. The summed E-state index contributed by atoms with van der Waals surface area (Å²) in [6, 6.07) is 18.2. The Morgan fingerprint density at radius 1 is 1.13 bits per heavy atom. The molecule has 0 aliphatic heterocycles. The molecular weight excluding hydrogens is 290 g/mol. The number of hydrogen-bond acceptors (Lipinski definition) is 2. The van der Waals surface area contributed by atoms with Crippen LogP contribution in [0.2, 0.25) is 0 Å². The van der Waals surface area contributed by atoms with E-state index < -0.39 is 5.97 Å². The topological polar surface area (TPSA) is 51.5 Å². The first-order valence-electron chi connectivity index (χ1n) is 7.62. The highest BCUT2D eigenvalue weighted by molar-refractivity contribution is 5.87. The summed E-state index contributed by atoms with van der Waals surface area (Å²) in [5.74, 6) is -0.353. The van der Waals surface area contributed by atoms with Gasteiger partial charge in [-0.2, -0.15) is 0 Å². The number of fused-ring (bicyclic) bond motifs is 1. The number of aromatic nitrogens is 1. The highest BCUT2D eigenvalue weighted by Crippen LogP contribution is 2.29. The third-order valence-corrected chi connectivity index (χ3v) is 3.93. The molecule has 0 saturated carbocycles. The van der Waals surface area contributed by atoms with Crippen molar-refractivity contribution in [3.63, 3.8) is 0 Å². The molecule has 4 nitrogen and oxygen atoms in total. The predicted molar refractivity (Wildman–Crippen MR) is 90.0 cm³/mol. The summed E-state index contributed by atoms with van der Waals surface area (Å²) in [5, 5.41) is 9.74. The molecule has 2 aromatic carbocycles. The molecule has 23 heavy (non-hydrogen) atoms. The van der Waals surface area contributed by atoms with Crippen molar-refractivity contribution in [2.45, 2.75) is 19.9 Å². The van der Waals surface area contributed by atoms with E-state index in [1.54, 1.807) is 0 Å². The zero-order valence-electron chi connectivity index (χ0n) is 13.0. The van der Waals surface area contributed by atoms with E-state index in [0.29, 0.717) is 5.75 Å². The molecule has 0 aliphatic carbocycles. The molecule has 1 N–H and O–H groups in total. The summed E-state index contributed by atoms with van der Waals surface area (Å²) < 4.78 is 7.64. The van der Waals surface area contributed by atoms with Crippen LogP contribution in [0.3, 0.4) is 0 Å². The van der Waals surface area contributed by atoms with E-state index in [4.69, 9.17) is 9.84 Å². The van der Waals surface area contributed by atoms with E-state index in [0.717, 1.165) is 29.6 Å². The lowest BCUT2D eigenvalue weighted by Crippen LogP contribution is -2.09. The molecule has 0 bridgehead atoms. The van der Waals surface area contributed by atoms with Gasteiger partial charge in [-0.3, -0.25) is 0 Å². The number of ether oxygens (including phenoxy) is 1. The van der Waals surface area contributed by atoms with Gasteiger partial charge < -0.3 is 14.4 Å². The van der Waals surface area contributed by atoms with E-state index in [1.807, 2.05) is 36.4 Å². The van der Waals surface area contributed by atoms with E-state index in [1.165, 1.54) is 5.56 Å².